The van der Waals surface area contributed by atoms with Gasteiger partial charge in [-0.1, -0.05) is 0 Å². The van der Waals surface area contributed by atoms with Crippen LogP contribution in [0.3, 0.4) is 0 Å². The second-order valence-electron chi connectivity index (χ2n) is 5.53. The number of amides is 1. The number of rotatable bonds is 4. The zero-order valence-corrected chi connectivity index (χ0v) is 12.0. The molecule has 1 saturated carbocycles. The molecule has 2 N–H and O–H groups in total. The Balaban J connectivity index is 1.79. The van der Waals surface area contributed by atoms with Crippen molar-refractivity contribution in [1.29, 1.82) is 0 Å². The average Bonchev–Trinajstić information content (AvgIpc) is 2.96. The number of carboxylic acids is 1. The third kappa shape index (κ3) is 2.22. The Kier molecular flexibility index (Phi) is 3.50. The van der Waals surface area contributed by atoms with Crippen molar-refractivity contribution >= 4 is 23.6 Å². The van der Waals surface area contributed by atoms with Gasteiger partial charge < -0.3 is 15.0 Å². The molecule has 1 atom stereocenters. The zero-order valence-electron chi connectivity index (χ0n) is 11.2. The topological polar surface area (TPSA) is 71.3 Å². The Morgan fingerprint density at radius 2 is 2.25 bits per heavy atom. The first-order valence-corrected chi connectivity index (χ1v) is 8.08. The van der Waals surface area contributed by atoms with Crippen LogP contribution in [0, 0.1) is 0 Å². The number of carbonyl (C=O) groups is 2. The lowest BCUT2D eigenvalue weighted by Gasteiger charge is -2.30. The van der Waals surface area contributed by atoms with Crippen LogP contribution in [-0.2, 0) is 4.79 Å². The SMILES string of the molecule is O=C(NC1(C(=O)O)CCSC1)c1cccn1C1CCC1. The Morgan fingerprint density at radius 1 is 1.45 bits per heavy atom. The van der Waals surface area contributed by atoms with Crippen molar-refractivity contribution in [2.45, 2.75) is 37.3 Å². The van der Waals surface area contributed by atoms with Gasteiger partial charge in [-0.2, -0.15) is 11.8 Å². The van der Waals surface area contributed by atoms with E-state index < -0.39 is 11.5 Å². The predicted molar refractivity (Wildman–Crippen MR) is 77.1 cm³/mol. The molecule has 0 aromatic carbocycles. The smallest absolute Gasteiger partial charge is 0.330 e. The fraction of sp³-hybridized carbons (Fsp3) is 0.571. The summed E-state index contributed by atoms with van der Waals surface area (Å²) in [5, 5.41) is 12.2. The van der Waals surface area contributed by atoms with Crippen molar-refractivity contribution in [3.05, 3.63) is 24.0 Å². The maximum Gasteiger partial charge on any atom is 0.330 e. The van der Waals surface area contributed by atoms with Gasteiger partial charge in [0.2, 0.25) is 0 Å². The molecular weight excluding hydrogens is 276 g/mol. The minimum Gasteiger partial charge on any atom is -0.479 e. The number of carbonyl (C=O) groups excluding carboxylic acids is 1. The third-order valence-electron chi connectivity index (χ3n) is 4.26. The summed E-state index contributed by atoms with van der Waals surface area (Å²) < 4.78 is 1.98. The number of aromatic nitrogens is 1. The largest absolute Gasteiger partial charge is 0.479 e. The molecule has 1 aliphatic carbocycles. The third-order valence-corrected chi connectivity index (χ3v) is 5.45. The summed E-state index contributed by atoms with van der Waals surface area (Å²) in [4.78, 5) is 23.9. The molecule has 3 rings (SSSR count). The molecule has 2 fully saturated rings. The van der Waals surface area contributed by atoms with Crippen molar-refractivity contribution in [1.82, 2.24) is 9.88 Å². The van der Waals surface area contributed by atoms with E-state index in [2.05, 4.69) is 5.32 Å². The van der Waals surface area contributed by atoms with Crippen molar-refractivity contribution in [2.75, 3.05) is 11.5 Å². The first-order chi connectivity index (χ1) is 9.62. The second-order valence-corrected chi connectivity index (χ2v) is 6.63. The van der Waals surface area contributed by atoms with Gasteiger partial charge in [0.15, 0.2) is 0 Å². The molecule has 0 spiro atoms. The summed E-state index contributed by atoms with van der Waals surface area (Å²) in [6.45, 7) is 0. The highest BCUT2D eigenvalue weighted by molar-refractivity contribution is 7.99. The van der Waals surface area contributed by atoms with Crippen LogP contribution in [0.4, 0.5) is 0 Å². The first-order valence-electron chi connectivity index (χ1n) is 6.93. The number of nitrogens with zero attached hydrogens (tertiary/aromatic N) is 1. The lowest BCUT2D eigenvalue weighted by molar-refractivity contribution is -0.143. The highest BCUT2D eigenvalue weighted by atomic mass is 32.2. The minimum absolute atomic E-state index is 0.271. The molecule has 1 aromatic heterocycles. The molecule has 108 valence electrons. The Hall–Kier alpha value is -1.43. The Morgan fingerprint density at radius 3 is 2.80 bits per heavy atom. The van der Waals surface area contributed by atoms with E-state index >= 15 is 0 Å². The highest BCUT2D eigenvalue weighted by Gasteiger charge is 2.43. The molecule has 2 heterocycles. The van der Waals surface area contributed by atoms with Gasteiger partial charge in [0, 0.05) is 18.0 Å². The van der Waals surface area contributed by atoms with E-state index in [1.54, 1.807) is 17.8 Å². The van der Waals surface area contributed by atoms with Crippen molar-refractivity contribution in [3.63, 3.8) is 0 Å². The van der Waals surface area contributed by atoms with Crippen LogP contribution >= 0.6 is 11.8 Å². The van der Waals surface area contributed by atoms with Gasteiger partial charge in [-0.15, -0.1) is 0 Å². The van der Waals surface area contributed by atoms with Crippen LogP contribution < -0.4 is 5.32 Å². The summed E-state index contributed by atoms with van der Waals surface area (Å²) in [7, 11) is 0. The predicted octanol–water partition coefficient (Wildman–Crippen LogP) is 1.90. The molecule has 0 radical (unpaired) electrons. The van der Waals surface area contributed by atoms with Crippen molar-refractivity contribution in [2.24, 2.45) is 0 Å². The maximum absolute atomic E-state index is 12.4. The van der Waals surface area contributed by atoms with Crippen LogP contribution in [0.5, 0.6) is 0 Å². The number of nitrogens with one attached hydrogen (secondary N) is 1. The number of thioether (sulfide) groups is 1. The number of carboxylic acid groups (broad SMARTS) is 1. The molecule has 1 aromatic rings. The number of aliphatic carboxylic acids is 1. The molecule has 1 unspecified atom stereocenters. The van der Waals surface area contributed by atoms with E-state index in [4.69, 9.17) is 0 Å². The van der Waals surface area contributed by atoms with Gasteiger partial charge in [-0.25, -0.2) is 4.79 Å². The van der Waals surface area contributed by atoms with E-state index in [1.165, 1.54) is 6.42 Å². The lowest BCUT2D eigenvalue weighted by atomic mass is 9.92. The van der Waals surface area contributed by atoms with Crippen molar-refractivity contribution < 1.29 is 14.7 Å². The zero-order chi connectivity index (χ0) is 14.2. The van der Waals surface area contributed by atoms with Gasteiger partial charge in [0.05, 0.1) is 0 Å². The molecule has 1 aliphatic heterocycles. The van der Waals surface area contributed by atoms with E-state index in [0.29, 0.717) is 23.9 Å². The van der Waals surface area contributed by atoms with Crippen LogP contribution in [0.2, 0.25) is 0 Å². The van der Waals surface area contributed by atoms with Crippen LogP contribution in [-0.4, -0.2) is 38.6 Å². The Labute approximate surface area is 121 Å². The van der Waals surface area contributed by atoms with Gasteiger partial charge in [0.1, 0.15) is 11.2 Å². The summed E-state index contributed by atoms with van der Waals surface area (Å²) in [6, 6.07) is 4.01. The number of hydrogen-bond acceptors (Lipinski definition) is 3. The van der Waals surface area contributed by atoms with E-state index in [9.17, 15) is 14.7 Å². The van der Waals surface area contributed by atoms with Gasteiger partial charge in [-0.05, 0) is 43.6 Å². The monoisotopic (exact) mass is 294 g/mol. The lowest BCUT2D eigenvalue weighted by Crippen LogP contribution is -2.55. The summed E-state index contributed by atoms with van der Waals surface area (Å²) in [6.07, 6.45) is 5.78. The molecule has 20 heavy (non-hydrogen) atoms. The van der Waals surface area contributed by atoms with Crippen LogP contribution in [0.15, 0.2) is 18.3 Å². The fourth-order valence-corrected chi connectivity index (χ4v) is 4.06. The second kappa shape index (κ2) is 5.16. The summed E-state index contributed by atoms with van der Waals surface area (Å²) in [5.74, 6) is 0.0124. The van der Waals surface area contributed by atoms with Crippen molar-refractivity contribution in [3.8, 4) is 0 Å². The standard InChI is InChI=1S/C14H18N2O3S/c17-12(15-14(13(18)19)6-8-20-9-14)11-5-2-7-16(11)10-3-1-4-10/h2,5,7,10H,1,3-4,6,8-9H2,(H,15,17)(H,18,19). The molecule has 0 bridgehead atoms. The average molecular weight is 294 g/mol. The molecule has 2 aliphatic rings. The first kappa shape index (κ1) is 13.5. The Bertz CT molecular complexity index is 530. The van der Waals surface area contributed by atoms with E-state index in [0.717, 1.165) is 18.6 Å². The van der Waals surface area contributed by atoms with Gasteiger partial charge in [-0.3, -0.25) is 4.79 Å². The fourth-order valence-electron chi connectivity index (χ4n) is 2.74. The molecule has 1 amide bonds. The summed E-state index contributed by atoms with van der Waals surface area (Å²) >= 11 is 1.57. The number of hydrogen-bond donors (Lipinski definition) is 2. The van der Waals surface area contributed by atoms with Gasteiger partial charge >= 0.3 is 5.97 Å². The highest BCUT2D eigenvalue weighted by Crippen LogP contribution is 2.33. The van der Waals surface area contributed by atoms with Crippen LogP contribution in [0.25, 0.3) is 0 Å². The van der Waals surface area contributed by atoms with E-state index in [1.807, 2.05) is 16.8 Å². The molecule has 1 saturated heterocycles. The van der Waals surface area contributed by atoms with Gasteiger partial charge in [0.25, 0.3) is 5.91 Å². The molecule has 5 nitrogen and oxygen atoms in total. The minimum atomic E-state index is -1.10. The quantitative estimate of drug-likeness (QED) is 0.890. The maximum atomic E-state index is 12.4. The molecular formula is C14H18N2O3S. The normalized spacial score (nSPS) is 26.2. The molecule has 6 heteroatoms. The summed E-state index contributed by atoms with van der Waals surface area (Å²) in [5.41, 5.74) is -0.525. The van der Waals surface area contributed by atoms with Crippen LogP contribution in [0.1, 0.15) is 42.2 Å². The van der Waals surface area contributed by atoms with E-state index in [-0.39, 0.29) is 5.91 Å².